The van der Waals surface area contributed by atoms with Crippen LogP contribution in [0, 0.1) is 0 Å². The minimum atomic E-state index is -3.15. The van der Waals surface area contributed by atoms with Crippen molar-refractivity contribution in [2.45, 2.75) is 11.4 Å². The largest absolute Gasteiger partial charge is 0.364 e. The monoisotopic (exact) mass is 302 g/mol. The fourth-order valence-corrected chi connectivity index (χ4v) is 2.66. The molecular weight excluding hydrogens is 288 g/mol. The first-order chi connectivity index (χ1) is 10.0. The molecule has 0 unspecified atom stereocenters. The maximum atomic E-state index is 11.4. The van der Waals surface area contributed by atoms with Gasteiger partial charge in [-0.1, -0.05) is 12.1 Å². The summed E-state index contributed by atoms with van der Waals surface area (Å²) in [6, 6.07) is 8.68. The zero-order chi connectivity index (χ0) is 14.9. The van der Waals surface area contributed by atoms with E-state index >= 15 is 0 Å². The molecule has 0 bridgehead atoms. The molecule has 1 N–H and O–H groups in total. The van der Waals surface area contributed by atoms with E-state index < -0.39 is 9.84 Å². The van der Waals surface area contributed by atoms with Gasteiger partial charge in [0.15, 0.2) is 15.7 Å². The molecule has 2 heterocycles. The van der Waals surface area contributed by atoms with Crippen molar-refractivity contribution in [2.24, 2.45) is 0 Å². The Kier molecular flexibility index (Phi) is 3.34. The normalized spacial score (nSPS) is 11.7. The molecule has 0 spiro atoms. The number of nitrogens with one attached hydrogen (secondary N) is 1. The highest BCUT2D eigenvalue weighted by atomic mass is 32.2. The van der Waals surface area contributed by atoms with E-state index in [-0.39, 0.29) is 0 Å². The maximum absolute atomic E-state index is 11.4. The minimum Gasteiger partial charge on any atom is -0.364 e. The summed E-state index contributed by atoms with van der Waals surface area (Å²) in [7, 11) is -3.15. The van der Waals surface area contributed by atoms with Crippen LogP contribution in [0.5, 0.6) is 0 Å². The van der Waals surface area contributed by atoms with Crippen molar-refractivity contribution in [3.63, 3.8) is 0 Å². The number of hydrogen-bond acceptors (Lipinski definition) is 5. The van der Waals surface area contributed by atoms with Crippen LogP contribution in [0.4, 0.5) is 5.82 Å². The van der Waals surface area contributed by atoms with Gasteiger partial charge in [-0.3, -0.25) is 0 Å². The van der Waals surface area contributed by atoms with Gasteiger partial charge in [-0.05, 0) is 23.8 Å². The van der Waals surface area contributed by atoms with Crippen molar-refractivity contribution in [2.75, 3.05) is 11.6 Å². The third kappa shape index (κ3) is 2.87. The predicted octanol–water partition coefficient (Wildman–Crippen LogP) is 1.74. The molecule has 108 valence electrons. The van der Waals surface area contributed by atoms with Crippen LogP contribution in [0.25, 0.3) is 5.52 Å². The highest BCUT2D eigenvalue weighted by molar-refractivity contribution is 7.90. The Morgan fingerprint density at radius 3 is 2.62 bits per heavy atom. The lowest BCUT2D eigenvalue weighted by molar-refractivity contribution is 0.602. The van der Waals surface area contributed by atoms with Crippen molar-refractivity contribution in [3.8, 4) is 0 Å². The van der Waals surface area contributed by atoms with Crippen LogP contribution in [0.15, 0.2) is 53.8 Å². The molecule has 0 aliphatic rings. The number of hydrogen-bond donors (Lipinski definition) is 1. The second-order valence-corrected chi connectivity index (χ2v) is 6.72. The maximum Gasteiger partial charge on any atom is 0.175 e. The van der Waals surface area contributed by atoms with Crippen LogP contribution in [-0.4, -0.2) is 29.3 Å². The summed E-state index contributed by atoms with van der Waals surface area (Å²) in [6.07, 6.45) is 6.37. The number of sulfone groups is 1. The van der Waals surface area contributed by atoms with Gasteiger partial charge >= 0.3 is 0 Å². The second kappa shape index (κ2) is 5.17. The van der Waals surface area contributed by atoms with E-state index in [9.17, 15) is 8.42 Å². The fraction of sp³-hybridized carbons (Fsp3) is 0.143. The van der Waals surface area contributed by atoms with Crippen LogP contribution in [0.3, 0.4) is 0 Å². The average Bonchev–Trinajstić information content (AvgIpc) is 2.93. The van der Waals surface area contributed by atoms with E-state index in [0.29, 0.717) is 11.4 Å². The molecule has 0 amide bonds. The predicted molar refractivity (Wildman–Crippen MR) is 79.9 cm³/mol. The van der Waals surface area contributed by atoms with Gasteiger partial charge in [0, 0.05) is 25.2 Å². The van der Waals surface area contributed by atoms with Crippen molar-refractivity contribution >= 4 is 21.2 Å². The van der Waals surface area contributed by atoms with Crippen LogP contribution in [-0.2, 0) is 16.4 Å². The SMILES string of the molecule is CS(=O)(=O)c1ccc(CNc2nccn3nccc23)cc1. The Hall–Kier alpha value is -2.41. The molecule has 0 fully saturated rings. The van der Waals surface area contributed by atoms with Gasteiger partial charge in [0.25, 0.3) is 0 Å². The summed E-state index contributed by atoms with van der Waals surface area (Å²) in [5, 5.41) is 7.37. The lowest BCUT2D eigenvalue weighted by Gasteiger charge is -2.07. The standard InChI is InChI=1S/C14H14N4O2S/c1-21(19,20)12-4-2-11(3-5-12)10-16-14-13-6-7-17-18(13)9-8-15-14/h2-9H,10H2,1H3,(H,15,16). The number of fused-ring (bicyclic) bond motifs is 1. The third-order valence-corrected chi connectivity index (χ3v) is 4.26. The molecule has 7 heteroatoms. The Balaban J connectivity index is 1.77. The van der Waals surface area contributed by atoms with E-state index in [4.69, 9.17) is 0 Å². The molecular formula is C14H14N4O2S. The minimum absolute atomic E-state index is 0.322. The molecule has 6 nitrogen and oxygen atoms in total. The van der Waals surface area contributed by atoms with Gasteiger partial charge in [0.05, 0.1) is 11.1 Å². The van der Waals surface area contributed by atoms with Gasteiger partial charge in [-0.15, -0.1) is 0 Å². The molecule has 0 aliphatic carbocycles. The van der Waals surface area contributed by atoms with Crippen molar-refractivity contribution in [1.82, 2.24) is 14.6 Å². The molecule has 2 aromatic heterocycles. The van der Waals surface area contributed by atoms with Gasteiger partial charge in [-0.25, -0.2) is 17.9 Å². The van der Waals surface area contributed by atoms with E-state index in [1.54, 1.807) is 47.4 Å². The summed E-state index contributed by atoms with van der Waals surface area (Å²) < 4.78 is 24.5. The molecule has 0 atom stereocenters. The first-order valence-electron chi connectivity index (χ1n) is 6.35. The number of benzene rings is 1. The van der Waals surface area contributed by atoms with Crippen molar-refractivity contribution in [1.29, 1.82) is 0 Å². The van der Waals surface area contributed by atoms with E-state index in [2.05, 4.69) is 15.4 Å². The summed E-state index contributed by atoms with van der Waals surface area (Å²) in [6.45, 7) is 0.557. The summed E-state index contributed by atoms with van der Waals surface area (Å²) in [5.41, 5.74) is 1.87. The first kappa shape index (κ1) is 13.6. The molecule has 3 aromatic rings. The van der Waals surface area contributed by atoms with Gasteiger partial charge in [0.2, 0.25) is 0 Å². The molecule has 1 aromatic carbocycles. The number of anilines is 1. The lowest BCUT2D eigenvalue weighted by Crippen LogP contribution is -2.04. The molecule has 0 radical (unpaired) electrons. The Morgan fingerprint density at radius 1 is 1.14 bits per heavy atom. The fourth-order valence-electron chi connectivity index (χ4n) is 2.03. The topological polar surface area (TPSA) is 76.4 Å². The number of rotatable bonds is 4. The van der Waals surface area contributed by atoms with Gasteiger partial charge in [0.1, 0.15) is 5.52 Å². The summed E-state index contributed by atoms with van der Waals surface area (Å²) >= 11 is 0. The third-order valence-electron chi connectivity index (χ3n) is 3.14. The Bertz CT molecular complexity index is 869. The first-order valence-corrected chi connectivity index (χ1v) is 8.24. The smallest absolute Gasteiger partial charge is 0.175 e. The van der Waals surface area contributed by atoms with Gasteiger partial charge < -0.3 is 5.32 Å². The molecule has 0 saturated heterocycles. The Morgan fingerprint density at radius 2 is 1.90 bits per heavy atom. The van der Waals surface area contributed by atoms with E-state index in [1.807, 2.05) is 6.07 Å². The zero-order valence-electron chi connectivity index (χ0n) is 11.4. The lowest BCUT2D eigenvalue weighted by atomic mass is 10.2. The van der Waals surface area contributed by atoms with Crippen LogP contribution < -0.4 is 5.32 Å². The number of nitrogens with zero attached hydrogens (tertiary/aromatic N) is 3. The second-order valence-electron chi connectivity index (χ2n) is 4.71. The molecule has 0 saturated carbocycles. The molecule has 3 rings (SSSR count). The van der Waals surface area contributed by atoms with E-state index in [1.165, 1.54) is 6.26 Å². The molecule has 0 aliphatic heterocycles. The zero-order valence-corrected chi connectivity index (χ0v) is 12.2. The van der Waals surface area contributed by atoms with Crippen molar-refractivity contribution < 1.29 is 8.42 Å². The highest BCUT2D eigenvalue weighted by Crippen LogP contribution is 2.15. The van der Waals surface area contributed by atoms with Crippen LogP contribution in [0.1, 0.15) is 5.56 Å². The van der Waals surface area contributed by atoms with Crippen LogP contribution in [0.2, 0.25) is 0 Å². The van der Waals surface area contributed by atoms with Crippen LogP contribution >= 0.6 is 0 Å². The van der Waals surface area contributed by atoms with E-state index in [0.717, 1.165) is 16.9 Å². The van der Waals surface area contributed by atoms with Crippen molar-refractivity contribution in [3.05, 3.63) is 54.5 Å². The summed E-state index contributed by atoms with van der Waals surface area (Å²) in [4.78, 5) is 4.60. The quantitative estimate of drug-likeness (QED) is 0.794. The Labute approximate surface area is 122 Å². The average molecular weight is 302 g/mol. The van der Waals surface area contributed by atoms with Gasteiger partial charge in [-0.2, -0.15) is 5.10 Å². The highest BCUT2D eigenvalue weighted by Gasteiger charge is 2.07. The molecule has 21 heavy (non-hydrogen) atoms. The number of aromatic nitrogens is 3. The summed E-state index contributed by atoms with van der Waals surface area (Å²) in [5.74, 6) is 0.738.